The standard InChI is InChI=1S/C8H12N2S/c1-6-4-5-8(11-6)7(2)10-9-3/h4-5,9H,1-3H3/b10-7-. The van der Waals surface area contributed by atoms with E-state index in [0.29, 0.717) is 0 Å². The number of hydrogen-bond acceptors (Lipinski definition) is 3. The van der Waals surface area contributed by atoms with Crippen LogP contribution < -0.4 is 5.43 Å². The molecule has 0 saturated heterocycles. The van der Waals surface area contributed by atoms with Crippen LogP contribution >= 0.6 is 11.3 Å². The second kappa shape index (κ2) is 3.53. The molecule has 1 aromatic rings. The summed E-state index contributed by atoms with van der Waals surface area (Å²) in [7, 11) is 1.81. The molecule has 1 aromatic heterocycles. The van der Waals surface area contributed by atoms with Crippen LogP contribution in [-0.2, 0) is 0 Å². The molecule has 1 N–H and O–H groups in total. The van der Waals surface area contributed by atoms with Crippen molar-refractivity contribution in [3.05, 3.63) is 21.9 Å². The third-order valence-electron chi connectivity index (χ3n) is 1.38. The van der Waals surface area contributed by atoms with Crippen molar-refractivity contribution >= 4 is 17.0 Å². The smallest absolute Gasteiger partial charge is 0.0743 e. The lowest BCUT2D eigenvalue weighted by Gasteiger charge is -1.93. The van der Waals surface area contributed by atoms with Gasteiger partial charge in [0.2, 0.25) is 0 Å². The van der Waals surface area contributed by atoms with Crippen LogP contribution in [0.3, 0.4) is 0 Å². The van der Waals surface area contributed by atoms with Gasteiger partial charge >= 0.3 is 0 Å². The Kier molecular flexibility index (Phi) is 2.65. The maximum absolute atomic E-state index is 4.09. The molecule has 0 aliphatic carbocycles. The molecule has 0 fully saturated rings. The van der Waals surface area contributed by atoms with E-state index in [-0.39, 0.29) is 0 Å². The molecule has 3 heteroatoms. The molecule has 0 saturated carbocycles. The number of nitrogens with zero attached hydrogens (tertiary/aromatic N) is 1. The van der Waals surface area contributed by atoms with Gasteiger partial charge in [0.05, 0.1) is 10.6 Å². The van der Waals surface area contributed by atoms with E-state index < -0.39 is 0 Å². The fraction of sp³-hybridized carbons (Fsp3) is 0.375. The van der Waals surface area contributed by atoms with Crippen molar-refractivity contribution in [2.45, 2.75) is 13.8 Å². The monoisotopic (exact) mass is 168 g/mol. The molecule has 1 heterocycles. The van der Waals surface area contributed by atoms with E-state index in [1.165, 1.54) is 9.75 Å². The Labute approximate surface area is 70.9 Å². The highest BCUT2D eigenvalue weighted by Crippen LogP contribution is 2.15. The van der Waals surface area contributed by atoms with E-state index >= 15 is 0 Å². The summed E-state index contributed by atoms with van der Waals surface area (Å²) in [5.74, 6) is 0. The molecule has 11 heavy (non-hydrogen) atoms. The summed E-state index contributed by atoms with van der Waals surface area (Å²) < 4.78 is 0. The summed E-state index contributed by atoms with van der Waals surface area (Å²) in [5.41, 5.74) is 3.82. The summed E-state index contributed by atoms with van der Waals surface area (Å²) in [4.78, 5) is 2.56. The lowest BCUT2D eigenvalue weighted by Crippen LogP contribution is -2.00. The molecule has 0 bridgehead atoms. The summed E-state index contributed by atoms with van der Waals surface area (Å²) in [6.07, 6.45) is 0. The molecule has 0 aliphatic rings. The Morgan fingerprint density at radius 1 is 1.55 bits per heavy atom. The van der Waals surface area contributed by atoms with E-state index in [9.17, 15) is 0 Å². The number of rotatable bonds is 2. The van der Waals surface area contributed by atoms with Crippen LogP contribution in [0.25, 0.3) is 0 Å². The Morgan fingerprint density at radius 3 is 2.73 bits per heavy atom. The van der Waals surface area contributed by atoms with Gasteiger partial charge in [0.25, 0.3) is 0 Å². The van der Waals surface area contributed by atoms with Crippen LogP contribution in [0.15, 0.2) is 17.2 Å². The molecule has 60 valence electrons. The van der Waals surface area contributed by atoms with Gasteiger partial charge in [0.15, 0.2) is 0 Å². The van der Waals surface area contributed by atoms with Crippen molar-refractivity contribution in [1.82, 2.24) is 5.43 Å². The second-order valence-electron chi connectivity index (χ2n) is 2.33. The van der Waals surface area contributed by atoms with Crippen LogP contribution in [0.2, 0.25) is 0 Å². The molecule has 0 aromatic carbocycles. The van der Waals surface area contributed by atoms with Crippen molar-refractivity contribution in [3.8, 4) is 0 Å². The van der Waals surface area contributed by atoms with Crippen LogP contribution in [0, 0.1) is 6.92 Å². The lowest BCUT2D eigenvalue weighted by molar-refractivity contribution is 0.900. The Balaban J connectivity index is 2.84. The van der Waals surface area contributed by atoms with E-state index in [1.807, 2.05) is 14.0 Å². The van der Waals surface area contributed by atoms with Crippen molar-refractivity contribution in [2.75, 3.05) is 7.05 Å². The third-order valence-corrected chi connectivity index (χ3v) is 2.49. The van der Waals surface area contributed by atoms with Crippen molar-refractivity contribution in [2.24, 2.45) is 5.10 Å². The molecular weight excluding hydrogens is 156 g/mol. The fourth-order valence-corrected chi connectivity index (χ4v) is 1.66. The zero-order chi connectivity index (χ0) is 8.27. The van der Waals surface area contributed by atoms with Gasteiger partial charge in [-0.2, -0.15) is 5.10 Å². The van der Waals surface area contributed by atoms with Gasteiger partial charge in [-0.1, -0.05) is 0 Å². The average molecular weight is 168 g/mol. The molecule has 0 unspecified atom stereocenters. The van der Waals surface area contributed by atoms with Gasteiger partial charge < -0.3 is 5.43 Å². The van der Waals surface area contributed by atoms with Crippen LogP contribution in [0.5, 0.6) is 0 Å². The van der Waals surface area contributed by atoms with E-state index in [4.69, 9.17) is 0 Å². The minimum Gasteiger partial charge on any atom is -0.313 e. The van der Waals surface area contributed by atoms with Gasteiger partial charge in [0, 0.05) is 11.9 Å². The van der Waals surface area contributed by atoms with Crippen LogP contribution in [0.4, 0.5) is 0 Å². The first kappa shape index (κ1) is 8.27. The molecule has 0 aliphatic heterocycles. The van der Waals surface area contributed by atoms with Gasteiger partial charge in [0.1, 0.15) is 0 Å². The highest BCUT2D eigenvalue weighted by atomic mass is 32.1. The molecule has 0 amide bonds. The summed E-state index contributed by atoms with van der Waals surface area (Å²) in [6.45, 7) is 4.10. The summed E-state index contributed by atoms with van der Waals surface area (Å²) in [5, 5.41) is 4.09. The van der Waals surface area contributed by atoms with Gasteiger partial charge in [-0.15, -0.1) is 11.3 Å². The molecule has 0 spiro atoms. The molecule has 1 rings (SSSR count). The van der Waals surface area contributed by atoms with Crippen LogP contribution in [0.1, 0.15) is 16.7 Å². The minimum atomic E-state index is 1.05. The number of hydrazone groups is 1. The van der Waals surface area contributed by atoms with E-state index in [2.05, 4.69) is 29.6 Å². The lowest BCUT2D eigenvalue weighted by atomic mass is 10.3. The normalized spacial score (nSPS) is 11.7. The molecular formula is C8H12N2S. The third kappa shape index (κ3) is 2.05. The Bertz CT molecular complexity index is 263. The number of nitrogens with one attached hydrogen (secondary N) is 1. The number of aryl methyl sites for hydroxylation is 1. The first-order valence-electron chi connectivity index (χ1n) is 3.52. The predicted molar refractivity (Wildman–Crippen MR) is 50.3 cm³/mol. The number of thiophene rings is 1. The first-order valence-corrected chi connectivity index (χ1v) is 4.33. The second-order valence-corrected chi connectivity index (χ2v) is 3.62. The van der Waals surface area contributed by atoms with Gasteiger partial charge in [-0.05, 0) is 26.0 Å². The highest BCUT2D eigenvalue weighted by molar-refractivity contribution is 7.14. The molecule has 0 atom stereocenters. The van der Waals surface area contributed by atoms with Crippen molar-refractivity contribution in [3.63, 3.8) is 0 Å². The summed E-state index contributed by atoms with van der Waals surface area (Å²) in [6, 6.07) is 4.20. The average Bonchev–Trinajstić information content (AvgIpc) is 2.36. The van der Waals surface area contributed by atoms with Crippen molar-refractivity contribution < 1.29 is 0 Å². The molecule has 2 nitrogen and oxygen atoms in total. The highest BCUT2D eigenvalue weighted by Gasteiger charge is 1.98. The van der Waals surface area contributed by atoms with Gasteiger partial charge in [-0.25, -0.2) is 0 Å². The quantitative estimate of drug-likeness (QED) is 0.530. The van der Waals surface area contributed by atoms with Gasteiger partial charge in [-0.3, -0.25) is 0 Å². The zero-order valence-electron chi connectivity index (χ0n) is 7.01. The van der Waals surface area contributed by atoms with E-state index in [0.717, 1.165) is 5.71 Å². The Hall–Kier alpha value is -0.830. The molecule has 0 radical (unpaired) electrons. The van der Waals surface area contributed by atoms with E-state index in [1.54, 1.807) is 11.3 Å². The SMILES string of the molecule is CN/N=C(/C)c1ccc(C)s1. The topological polar surface area (TPSA) is 24.4 Å². The maximum Gasteiger partial charge on any atom is 0.0743 e. The minimum absolute atomic E-state index is 1.05. The maximum atomic E-state index is 4.09. The fourth-order valence-electron chi connectivity index (χ4n) is 0.852. The van der Waals surface area contributed by atoms with Crippen molar-refractivity contribution in [1.29, 1.82) is 0 Å². The predicted octanol–water partition coefficient (Wildman–Crippen LogP) is 2.00. The largest absolute Gasteiger partial charge is 0.313 e. The van der Waals surface area contributed by atoms with Crippen LogP contribution in [-0.4, -0.2) is 12.8 Å². The number of hydrogen-bond donors (Lipinski definition) is 1. The Morgan fingerprint density at radius 2 is 2.27 bits per heavy atom. The summed E-state index contributed by atoms with van der Waals surface area (Å²) >= 11 is 1.76. The first-order chi connectivity index (χ1) is 5.24. The zero-order valence-corrected chi connectivity index (χ0v) is 7.83.